The standard InChI is InChI=1S/C20H22N2O4/c23-18(21-17-10-9-15-6-3-4-7-16(15)12-17)14-26-20(25)13-22-11-5-1-2-8-19(22)24/h3-4,6-7,9-10,12H,1-2,5,8,11,13-14H2,(H,21,23). The zero-order chi connectivity index (χ0) is 18.4. The quantitative estimate of drug-likeness (QED) is 0.838. The van der Waals surface area contributed by atoms with E-state index in [9.17, 15) is 14.4 Å². The van der Waals surface area contributed by atoms with Gasteiger partial charge in [-0.3, -0.25) is 14.4 Å². The highest BCUT2D eigenvalue weighted by Gasteiger charge is 2.20. The predicted molar refractivity (Wildman–Crippen MR) is 98.6 cm³/mol. The van der Waals surface area contributed by atoms with E-state index >= 15 is 0 Å². The smallest absolute Gasteiger partial charge is 0.326 e. The number of nitrogens with zero attached hydrogens (tertiary/aromatic N) is 1. The molecule has 1 saturated heterocycles. The first-order valence-corrected chi connectivity index (χ1v) is 8.84. The van der Waals surface area contributed by atoms with Gasteiger partial charge < -0.3 is 15.0 Å². The van der Waals surface area contributed by atoms with E-state index in [4.69, 9.17) is 4.74 Å². The van der Waals surface area contributed by atoms with Crippen LogP contribution in [-0.2, 0) is 19.1 Å². The third kappa shape index (κ3) is 4.81. The molecule has 0 aliphatic carbocycles. The Hall–Kier alpha value is -2.89. The molecule has 1 heterocycles. The van der Waals surface area contributed by atoms with Crippen molar-refractivity contribution < 1.29 is 19.1 Å². The number of ether oxygens (including phenoxy) is 1. The van der Waals surface area contributed by atoms with E-state index in [0.29, 0.717) is 18.7 Å². The second-order valence-corrected chi connectivity index (χ2v) is 6.40. The van der Waals surface area contributed by atoms with E-state index in [2.05, 4.69) is 5.32 Å². The van der Waals surface area contributed by atoms with E-state index in [1.54, 1.807) is 6.07 Å². The number of esters is 1. The van der Waals surface area contributed by atoms with Gasteiger partial charge in [-0.25, -0.2) is 0 Å². The van der Waals surface area contributed by atoms with Crippen LogP contribution in [0.25, 0.3) is 10.8 Å². The number of hydrogen-bond donors (Lipinski definition) is 1. The summed E-state index contributed by atoms with van der Waals surface area (Å²) in [6, 6.07) is 13.4. The first-order chi connectivity index (χ1) is 12.6. The molecule has 6 heteroatoms. The molecule has 0 bridgehead atoms. The van der Waals surface area contributed by atoms with Crippen LogP contribution in [0.4, 0.5) is 5.69 Å². The van der Waals surface area contributed by atoms with Gasteiger partial charge in [0.2, 0.25) is 5.91 Å². The fourth-order valence-electron chi connectivity index (χ4n) is 3.02. The second kappa shape index (κ2) is 8.47. The third-order valence-electron chi connectivity index (χ3n) is 4.39. The summed E-state index contributed by atoms with van der Waals surface area (Å²) in [5.41, 5.74) is 0.646. The van der Waals surface area contributed by atoms with Crippen molar-refractivity contribution in [1.29, 1.82) is 0 Å². The average molecular weight is 354 g/mol. The Morgan fingerprint density at radius 2 is 1.85 bits per heavy atom. The monoisotopic (exact) mass is 354 g/mol. The van der Waals surface area contributed by atoms with E-state index in [-0.39, 0.29) is 19.1 Å². The van der Waals surface area contributed by atoms with Crippen molar-refractivity contribution in [3.8, 4) is 0 Å². The molecule has 0 unspecified atom stereocenters. The Morgan fingerprint density at radius 3 is 2.69 bits per heavy atom. The lowest BCUT2D eigenvalue weighted by Crippen LogP contribution is -2.36. The van der Waals surface area contributed by atoms with Crippen molar-refractivity contribution in [1.82, 2.24) is 4.90 Å². The normalized spacial score (nSPS) is 14.8. The zero-order valence-corrected chi connectivity index (χ0v) is 14.6. The molecule has 1 fully saturated rings. The highest BCUT2D eigenvalue weighted by Crippen LogP contribution is 2.18. The van der Waals surface area contributed by atoms with Gasteiger partial charge in [0.1, 0.15) is 6.54 Å². The highest BCUT2D eigenvalue weighted by molar-refractivity contribution is 5.96. The van der Waals surface area contributed by atoms with Gasteiger partial charge >= 0.3 is 5.97 Å². The van der Waals surface area contributed by atoms with E-state index in [0.717, 1.165) is 30.0 Å². The van der Waals surface area contributed by atoms with Gasteiger partial charge in [-0.1, -0.05) is 36.8 Å². The predicted octanol–water partition coefficient (Wildman–Crippen LogP) is 2.72. The number of fused-ring (bicyclic) bond motifs is 1. The summed E-state index contributed by atoms with van der Waals surface area (Å²) in [5, 5.41) is 4.81. The Bertz CT molecular complexity index is 818. The number of benzene rings is 2. The molecule has 2 aromatic rings. The molecule has 6 nitrogen and oxygen atoms in total. The Kier molecular flexibility index (Phi) is 5.84. The van der Waals surface area contributed by atoms with E-state index < -0.39 is 11.9 Å². The Labute approximate surface area is 152 Å². The molecule has 0 atom stereocenters. The molecule has 2 amide bonds. The minimum atomic E-state index is -0.561. The Balaban J connectivity index is 1.48. The number of hydrogen-bond acceptors (Lipinski definition) is 4. The van der Waals surface area contributed by atoms with Crippen LogP contribution < -0.4 is 5.32 Å². The maximum Gasteiger partial charge on any atom is 0.326 e. The number of anilines is 1. The van der Waals surface area contributed by atoms with Crippen LogP contribution in [0.5, 0.6) is 0 Å². The molecule has 0 aromatic heterocycles. The number of amides is 2. The fraction of sp³-hybridized carbons (Fsp3) is 0.350. The summed E-state index contributed by atoms with van der Waals surface area (Å²) in [5.74, 6) is -0.996. The molecule has 2 aromatic carbocycles. The molecule has 26 heavy (non-hydrogen) atoms. The van der Waals surface area contributed by atoms with Crippen LogP contribution in [0.2, 0.25) is 0 Å². The van der Waals surface area contributed by atoms with Crippen molar-refractivity contribution in [2.45, 2.75) is 25.7 Å². The maximum absolute atomic E-state index is 12.0. The third-order valence-corrected chi connectivity index (χ3v) is 4.39. The number of carbonyl (C=O) groups excluding carboxylic acids is 3. The maximum atomic E-state index is 12.0. The summed E-state index contributed by atoms with van der Waals surface area (Å²) in [6.45, 7) is 0.104. The second-order valence-electron chi connectivity index (χ2n) is 6.40. The van der Waals surface area contributed by atoms with Gasteiger partial charge in [-0.15, -0.1) is 0 Å². The number of rotatable bonds is 5. The number of likely N-dealkylation sites (tertiary alicyclic amines) is 1. The molecular weight excluding hydrogens is 332 g/mol. The SMILES string of the molecule is O=C(COC(=O)CN1CCCCCC1=O)Nc1ccc2ccccc2c1. The molecule has 136 valence electrons. The van der Waals surface area contributed by atoms with Crippen molar-refractivity contribution >= 4 is 34.2 Å². The fourth-order valence-corrected chi connectivity index (χ4v) is 3.02. The summed E-state index contributed by atoms with van der Waals surface area (Å²) in [7, 11) is 0. The summed E-state index contributed by atoms with van der Waals surface area (Å²) < 4.78 is 5.01. The van der Waals surface area contributed by atoms with Gasteiger partial charge in [-0.2, -0.15) is 0 Å². The first-order valence-electron chi connectivity index (χ1n) is 8.84. The summed E-state index contributed by atoms with van der Waals surface area (Å²) >= 11 is 0. The lowest BCUT2D eigenvalue weighted by molar-refractivity contribution is -0.151. The lowest BCUT2D eigenvalue weighted by Gasteiger charge is -2.19. The topological polar surface area (TPSA) is 75.7 Å². The van der Waals surface area contributed by atoms with Crippen LogP contribution in [0.3, 0.4) is 0 Å². The van der Waals surface area contributed by atoms with Crippen molar-refractivity contribution in [3.63, 3.8) is 0 Å². The van der Waals surface area contributed by atoms with Gasteiger partial charge in [-0.05, 0) is 35.7 Å². The Morgan fingerprint density at radius 1 is 1.04 bits per heavy atom. The lowest BCUT2D eigenvalue weighted by atomic mass is 10.1. The molecule has 0 saturated carbocycles. The van der Waals surface area contributed by atoms with Gasteiger partial charge in [0.15, 0.2) is 6.61 Å². The van der Waals surface area contributed by atoms with Crippen molar-refractivity contribution in [3.05, 3.63) is 42.5 Å². The summed E-state index contributed by atoms with van der Waals surface area (Å²) in [4.78, 5) is 37.3. The van der Waals surface area contributed by atoms with E-state index in [1.807, 2.05) is 36.4 Å². The van der Waals surface area contributed by atoms with E-state index in [1.165, 1.54) is 4.90 Å². The average Bonchev–Trinajstić information content (AvgIpc) is 2.84. The summed E-state index contributed by atoms with van der Waals surface area (Å²) in [6.07, 6.45) is 3.21. The molecule has 3 rings (SSSR count). The zero-order valence-electron chi connectivity index (χ0n) is 14.6. The van der Waals surface area contributed by atoms with Crippen molar-refractivity contribution in [2.24, 2.45) is 0 Å². The number of carbonyl (C=O) groups is 3. The van der Waals surface area contributed by atoms with Crippen LogP contribution >= 0.6 is 0 Å². The van der Waals surface area contributed by atoms with Crippen LogP contribution in [0.1, 0.15) is 25.7 Å². The highest BCUT2D eigenvalue weighted by atomic mass is 16.5. The molecule has 0 spiro atoms. The minimum absolute atomic E-state index is 0.0277. The molecule has 1 aliphatic rings. The first kappa shape index (κ1) is 17.9. The largest absolute Gasteiger partial charge is 0.454 e. The van der Waals surface area contributed by atoms with Crippen LogP contribution in [0, 0.1) is 0 Å². The molecule has 1 N–H and O–H groups in total. The van der Waals surface area contributed by atoms with Gasteiger partial charge in [0.25, 0.3) is 5.91 Å². The molecule has 0 radical (unpaired) electrons. The minimum Gasteiger partial charge on any atom is -0.454 e. The van der Waals surface area contributed by atoms with Crippen molar-refractivity contribution in [2.75, 3.05) is 25.0 Å². The molecule has 1 aliphatic heterocycles. The van der Waals surface area contributed by atoms with Gasteiger partial charge in [0, 0.05) is 18.7 Å². The van der Waals surface area contributed by atoms with Gasteiger partial charge in [0.05, 0.1) is 0 Å². The van der Waals surface area contributed by atoms with Crippen LogP contribution in [-0.4, -0.2) is 42.4 Å². The number of nitrogens with one attached hydrogen (secondary N) is 1. The molecular formula is C20H22N2O4. The van der Waals surface area contributed by atoms with Crippen LogP contribution in [0.15, 0.2) is 42.5 Å².